The van der Waals surface area contributed by atoms with Crippen LogP contribution in [0.1, 0.15) is 0 Å². The number of phenolic OH excluding ortho intramolecular Hbond substituents is 1. The molecule has 0 atom stereocenters. The van der Waals surface area contributed by atoms with Crippen LogP contribution in [0.25, 0.3) is 0 Å². The van der Waals surface area contributed by atoms with E-state index in [0.29, 0.717) is 21.1 Å². The summed E-state index contributed by atoms with van der Waals surface area (Å²) in [4.78, 5) is 1.65. The Morgan fingerprint density at radius 3 is 2.56 bits per heavy atom. The first-order valence-corrected chi connectivity index (χ1v) is 5.61. The van der Waals surface area contributed by atoms with Crippen molar-refractivity contribution in [2.24, 2.45) is 0 Å². The fraction of sp³-hybridized carbons (Fsp3) is 0.300. The Kier molecular flexibility index (Phi) is 4.37. The van der Waals surface area contributed by atoms with Gasteiger partial charge in [-0.15, -0.1) is 0 Å². The van der Waals surface area contributed by atoms with Crippen molar-refractivity contribution in [2.45, 2.75) is 0 Å². The highest BCUT2D eigenvalue weighted by molar-refractivity contribution is 9.10. The molecule has 0 unspecified atom stereocenters. The second-order valence-corrected chi connectivity index (χ2v) is 4.36. The van der Waals surface area contributed by atoms with Crippen LogP contribution in [0.5, 0.6) is 17.2 Å². The van der Waals surface area contributed by atoms with Gasteiger partial charge in [0.25, 0.3) is 5.17 Å². The number of hydrogen-bond acceptors (Lipinski definition) is 4. The van der Waals surface area contributed by atoms with E-state index in [9.17, 15) is 5.11 Å². The quantitative estimate of drug-likeness (QED) is 0.850. The maximum atomic E-state index is 9.60. The zero-order chi connectivity index (χ0) is 12.3. The zero-order valence-electron chi connectivity index (χ0n) is 9.15. The van der Waals surface area contributed by atoms with Gasteiger partial charge in [-0.1, -0.05) is 0 Å². The van der Waals surface area contributed by atoms with Crippen molar-refractivity contribution in [1.29, 1.82) is 0 Å². The van der Waals surface area contributed by atoms with Gasteiger partial charge in [0.1, 0.15) is 16.0 Å². The number of halogens is 1. The van der Waals surface area contributed by atoms with E-state index in [1.54, 1.807) is 25.1 Å². The van der Waals surface area contributed by atoms with Gasteiger partial charge in [0.05, 0.1) is 7.11 Å². The molecule has 0 aromatic heterocycles. The average Bonchev–Trinajstić information content (AvgIpc) is 2.24. The van der Waals surface area contributed by atoms with Crippen LogP contribution in [0.3, 0.4) is 0 Å². The minimum Gasteiger partial charge on any atom is -0.506 e. The van der Waals surface area contributed by atoms with Crippen LogP contribution in [-0.2, 0) is 0 Å². The van der Waals surface area contributed by atoms with E-state index < -0.39 is 0 Å². The molecule has 0 amide bonds. The summed E-state index contributed by atoms with van der Waals surface area (Å²) in [6.45, 7) is 0. The minimum absolute atomic E-state index is 0.0379. The average molecular weight is 306 g/mol. The molecule has 16 heavy (non-hydrogen) atoms. The molecular formula is C10H12BrNO3S. The smallest absolute Gasteiger partial charge is 0.264 e. The lowest BCUT2D eigenvalue weighted by molar-refractivity contribution is 0.397. The monoisotopic (exact) mass is 305 g/mol. The molecule has 0 aliphatic carbocycles. The molecule has 0 heterocycles. The van der Waals surface area contributed by atoms with Crippen LogP contribution in [0.15, 0.2) is 16.6 Å². The van der Waals surface area contributed by atoms with Gasteiger partial charge in [-0.2, -0.15) is 0 Å². The van der Waals surface area contributed by atoms with Gasteiger partial charge in [0, 0.05) is 26.2 Å². The van der Waals surface area contributed by atoms with E-state index in [2.05, 4.69) is 15.9 Å². The summed E-state index contributed by atoms with van der Waals surface area (Å²) in [5, 5.41) is 9.90. The third kappa shape index (κ3) is 2.99. The van der Waals surface area contributed by atoms with Crippen molar-refractivity contribution in [3.8, 4) is 17.2 Å². The third-order valence-corrected chi connectivity index (χ3v) is 3.04. The Morgan fingerprint density at radius 2 is 2.06 bits per heavy atom. The van der Waals surface area contributed by atoms with Crippen LogP contribution in [0.4, 0.5) is 0 Å². The molecule has 0 bridgehead atoms. The van der Waals surface area contributed by atoms with Crippen LogP contribution in [-0.4, -0.2) is 36.4 Å². The molecule has 0 fully saturated rings. The molecule has 0 saturated carbocycles. The molecule has 6 heteroatoms. The van der Waals surface area contributed by atoms with Crippen LogP contribution in [0, 0.1) is 0 Å². The second-order valence-electron chi connectivity index (χ2n) is 3.22. The number of ether oxygens (including phenoxy) is 2. The highest BCUT2D eigenvalue weighted by Crippen LogP contribution is 2.37. The Hall–Kier alpha value is -1.01. The first-order valence-electron chi connectivity index (χ1n) is 4.41. The standard InChI is InChI=1S/C10H12BrNO3S/c1-12(2)10(16)15-8-5-6(14-3)4-7(13)9(8)11/h4-5,13H,1-3H3. The Balaban J connectivity index is 3.03. The largest absolute Gasteiger partial charge is 0.506 e. The van der Waals surface area contributed by atoms with E-state index >= 15 is 0 Å². The van der Waals surface area contributed by atoms with Gasteiger partial charge in [0.15, 0.2) is 5.75 Å². The van der Waals surface area contributed by atoms with Gasteiger partial charge in [-0.25, -0.2) is 0 Å². The number of benzene rings is 1. The second kappa shape index (κ2) is 5.36. The van der Waals surface area contributed by atoms with Crippen LogP contribution >= 0.6 is 28.1 Å². The topological polar surface area (TPSA) is 41.9 Å². The van der Waals surface area contributed by atoms with Gasteiger partial charge < -0.3 is 19.5 Å². The first kappa shape index (κ1) is 13.1. The number of nitrogens with zero attached hydrogens (tertiary/aromatic N) is 1. The number of aromatic hydroxyl groups is 1. The molecule has 0 radical (unpaired) electrons. The summed E-state index contributed by atoms with van der Waals surface area (Å²) in [6, 6.07) is 3.12. The minimum atomic E-state index is 0.0379. The van der Waals surface area contributed by atoms with Crippen molar-refractivity contribution in [1.82, 2.24) is 4.90 Å². The number of hydrogen-bond donors (Lipinski definition) is 1. The molecule has 1 rings (SSSR count). The van der Waals surface area contributed by atoms with Gasteiger partial charge in [0.2, 0.25) is 0 Å². The van der Waals surface area contributed by atoms with Crippen molar-refractivity contribution >= 4 is 33.3 Å². The lowest BCUT2D eigenvalue weighted by Gasteiger charge is -2.16. The summed E-state index contributed by atoms with van der Waals surface area (Å²) >= 11 is 8.22. The summed E-state index contributed by atoms with van der Waals surface area (Å²) < 4.78 is 10.9. The lowest BCUT2D eigenvalue weighted by Crippen LogP contribution is -2.25. The van der Waals surface area contributed by atoms with Gasteiger partial charge >= 0.3 is 0 Å². The van der Waals surface area contributed by atoms with E-state index in [1.165, 1.54) is 13.2 Å². The SMILES string of the molecule is COc1cc(O)c(Br)c(OC(=S)N(C)C)c1. The summed E-state index contributed by atoms with van der Waals surface area (Å²) in [5.41, 5.74) is 0. The maximum absolute atomic E-state index is 9.60. The molecule has 88 valence electrons. The Morgan fingerprint density at radius 1 is 1.44 bits per heavy atom. The fourth-order valence-corrected chi connectivity index (χ4v) is 1.34. The molecule has 1 N–H and O–H groups in total. The maximum Gasteiger partial charge on any atom is 0.264 e. The number of phenols is 1. The van der Waals surface area contributed by atoms with E-state index in [4.69, 9.17) is 21.7 Å². The normalized spacial score (nSPS) is 9.75. The predicted molar refractivity (Wildman–Crippen MR) is 69.3 cm³/mol. The van der Waals surface area contributed by atoms with Crippen molar-refractivity contribution in [3.63, 3.8) is 0 Å². The summed E-state index contributed by atoms with van der Waals surface area (Å²) in [7, 11) is 5.06. The van der Waals surface area contributed by atoms with Crippen molar-refractivity contribution in [3.05, 3.63) is 16.6 Å². The van der Waals surface area contributed by atoms with E-state index in [0.717, 1.165) is 0 Å². The summed E-state index contributed by atoms with van der Waals surface area (Å²) in [6.07, 6.45) is 0. The molecular weight excluding hydrogens is 294 g/mol. The molecule has 1 aromatic carbocycles. The van der Waals surface area contributed by atoms with Gasteiger partial charge in [-0.05, 0) is 28.1 Å². The van der Waals surface area contributed by atoms with E-state index in [1.807, 2.05) is 0 Å². The lowest BCUT2D eigenvalue weighted by atomic mass is 10.3. The van der Waals surface area contributed by atoms with Crippen LogP contribution in [0.2, 0.25) is 0 Å². The Labute approximate surface area is 108 Å². The third-order valence-electron chi connectivity index (χ3n) is 1.79. The molecule has 0 saturated heterocycles. The molecule has 4 nitrogen and oxygen atoms in total. The fourth-order valence-electron chi connectivity index (χ4n) is 0.936. The molecule has 0 aliphatic heterocycles. The molecule has 0 spiro atoms. The molecule has 1 aromatic rings. The number of methoxy groups -OCH3 is 1. The highest BCUT2D eigenvalue weighted by atomic mass is 79.9. The number of thiocarbonyl (C=S) groups is 1. The van der Waals surface area contributed by atoms with Gasteiger partial charge in [-0.3, -0.25) is 0 Å². The van der Waals surface area contributed by atoms with E-state index in [-0.39, 0.29) is 5.75 Å². The predicted octanol–water partition coefficient (Wildman–Crippen LogP) is 2.39. The Bertz CT molecular complexity index is 409. The number of rotatable bonds is 2. The first-order chi connectivity index (χ1) is 7.45. The van der Waals surface area contributed by atoms with Crippen molar-refractivity contribution in [2.75, 3.05) is 21.2 Å². The van der Waals surface area contributed by atoms with Crippen LogP contribution < -0.4 is 9.47 Å². The molecule has 0 aliphatic rings. The van der Waals surface area contributed by atoms with Crippen molar-refractivity contribution < 1.29 is 14.6 Å². The zero-order valence-corrected chi connectivity index (χ0v) is 11.6. The summed E-state index contributed by atoms with van der Waals surface area (Å²) in [5.74, 6) is 0.948. The highest BCUT2D eigenvalue weighted by Gasteiger charge is 2.12.